The van der Waals surface area contributed by atoms with Gasteiger partial charge in [0.2, 0.25) is 5.91 Å². The van der Waals surface area contributed by atoms with Crippen molar-refractivity contribution in [2.24, 2.45) is 11.8 Å². The molecule has 2 fully saturated rings. The Labute approximate surface area is 156 Å². The summed E-state index contributed by atoms with van der Waals surface area (Å²) < 4.78 is 0. The van der Waals surface area contributed by atoms with Crippen LogP contribution < -0.4 is 5.32 Å². The van der Waals surface area contributed by atoms with Crippen molar-refractivity contribution in [2.75, 3.05) is 26.2 Å². The molecule has 2 saturated heterocycles. The summed E-state index contributed by atoms with van der Waals surface area (Å²) >= 11 is 1.78. The summed E-state index contributed by atoms with van der Waals surface area (Å²) in [7, 11) is 0. The molecule has 0 bridgehead atoms. The number of nitrogens with one attached hydrogen (secondary N) is 1. The molecule has 25 heavy (non-hydrogen) atoms. The van der Waals surface area contributed by atoms with Crippen LogP contribution in [0.4, 0.5) is 0 Å². The highest BCUT2D eigenvalue weighted by atomic mass is 32.1. The van der Waals surface area contributed by atoms with Crippen LogP contribution in [-0.2, 0) is 4.79 Å². The normalized spacial score (nSPS) is 23.8. The summed E-state index contributed by atoms with van der Waals surface area (Å²) in [5.74, 6) is 2.48. The Balaban J connectivity index is 1.55. The molecule has 0 radical (unpaired) electrons. The first-order valence-electron chi connectivity index (χ1n) is 9.98. The van der Waals surface area contributed by atoms with Crippen molar-refractivity contribution in [3.63, 3.8) is 0 Å². The molecule has 0 saturated carbocycles. The molecule has 5 heteroatoms. The van der Waals surface area contributed by atoms with E-state index in [4.69, 9.17) is 4.98 Å². The van der Waals surface area contributed by atoms with Crippen molar-refractivity contribution in [3.05, 3.63) is 16.1 Å². The molecule has 3 rings (SSSR count). The molecule has 0 spiro atoms. The predicted molar refractivity (Wildman–Crippen MR) is 104 cm³/mol. The molecule has 2 aliphatic heterocycles. The largest absolute Gasteiger partial charge is 0.342 e. The van der Waals surface area contributed by atoms with E-state index in [0.29, 0.717) is 36.0 Å². The van der Waals surface area contributed by atoms with Crippen LogP contribution in [0.15, 0.2) is 5.38 Å². The number of hydrogen-bond donors (Lipinski definition) is 1. The molecule has 3 heterocycles. The van der Waals surface area contributed by atoms with E-state index in [1.165, 1.54) is 30.0 Å². The van der Waals surface area contributed by atoms with Gasteiger partial charge in [0.15, 0.2) is 0 Å². The zero-order chi connectivity index (χ0) is 17.8. The van der Waals surface area contributed by atoms with E-state index in [0.717, 1.165) is 32.6 Å². The first kappa shape index (κ1) is 18.8. The molecule has 2 unspecified atom stereocenters. The molecule has 1 aromatic heterocycles. The van der Waals surface area contributed by atoms with Gasteiger partial charge < -0.3 is 10.2 Å². The number of nitrogens with zero attached hydrogens (tertiary/aromatic N) is 2. The maximum atomic E-state index is 12.8. The van der Waals surface area contributed by atoms with Crippen LogP contribution in [0.1, 0.15) is 75.4 Å². The Morgan fingerprint density at radius 2 is 2.08 bits per heavy atom. The number of hydrogen-bond acceptors (Lipinski definition) is 4. The molecule has 1 N–H and O–H groups in total. The summed E-state index contributed by atoms with van der Waals surface area (Å²) in [6, 6.07) is 0. The molecule has 0 aromatic carbocycles. The van der Waals surface area contributed by atoms with Gasteiger partial charge in [-0.3, -0.25) is 4.79 Å². The molecular formula is C20H33N3OS. The number of rotatable bonds is 5. The van der Waals surface area contributed by atoms with E-state index in [1.807, 2.05) is 0 Å². The number of piperidine rings is 2. The predicted octanol–water partition coefficient (Wildman–Crippen LogP) is 4.00. The Kier molecular flexibility index (Phi) is 6.50. The Morgan fingerprint density at radius 3 is 2.76 bits per heavy atom. The summed E-state index contributed by atoms with van der Waals surface area (Å²) in [4.78, 5) is 19.8. The number of thiazole rings is 1. The lowest BCUT2D eigenvalue weighted by Crippen LogP contribution is -2.40. The van der Waals surface area contributed by atoms with Gasteiger partial charge in [-0.2, -0.15) is 0 Å². The van der Waals surface area contributed by atoms with Crippen molar-refractivity contribution < 1.29 is 4.79 Å². The highest BCUT2D eigenvalue weighted by Gasteiger charge is 2.29. The minimum atomic E-state index is 0.358. The first-order valence-corrected chi connectivity index (χ1v) is 10.9. The van der Waals surface area contributed by atoms with Crippen molar-refractivity contribution in [1.82, 2.24) is 15.2 Å². The van der Waals surface area contributed by atoms with Gasteiger partial charge in [0.25, 0.3) is 0 Å². The van der Waals surface area contributed by atoms with Crippen LogP contribution in [0.2, 0.25) is 0 Å². The van der Waals surface area contributed by atoms with E-state index in [-0.39, 0.29) is 0 Å². The molecule has 4 nitrogen and oxygen atoms in total. The van der Waals surface area contributed by atoms with Gasteiger partial charge >= 0.3 is 0 Å². The minimum absolute atomic E-state index is 0.358. The second kappa shape index (κ2) is 8.63. The minimum Gasteiger partial charge on any atom is -0.342 e. The zero-order valence-corrected chi connectivity index (χ0v) is 16.8. The number of aromatic nitrogens is 1. The third-order valence-corrected chi connectivity index (χ3v) is 6.97. The van der Waals surface area contributed by atoms with E-state index in [9.17, 15) is 4.79 Å². The summed E-state index contributed by atoms with van der Waals surface area (Å²) in [5, 5.41) is 6.84. The summed E-state index contributed by atoms with van der Waals surface area (Å²) in [6.45, 7) is 10.7. The van der Waals surface area contributed by atoms with E-state index >= 15 is 0 Å². The Bertz CT molecular complexity index is 565. The monoisotopic (exact) mass is 363 g/mol. The van der Waals surface area contributed by atoms with Gasteiger partial charge in [-0.25, -0.2) is 4.98 Å². The Hall–Kier alpha value is -0.940. The average Bonchev–Trinajstić information content (AvgIpc) is 3.13. The van der Waals surface area contributed by atoms with Crippen molar-refractivity contribution in [2.45, 2.75) is 64.7 Å². The van der Waals surface area contributed by atoms with Crippen LogP contribution in [0.3, 0.4) is 0 Å². The molecular weight excluding hydrogens is 330 g/mol. The number of carbonyl (C=O) groups excluding carboxylic acids is 1. The van der Waals surface area contributed by atoms with Crippen LogP contribution in [-0.4, -0.2) is 42.0 Å². The summed E-state index contributed by atoms with van der Waals surface area (Å²) in [5.41, 5.74) is 1.20. The van der Waals surface area contributed by atoms with Gasteiger partial charge in [0, 0.05) is 30.8 Å². The van der Waals surface area contributed by atoms with Crippen molar-refractivity contribution in [3.8, 4) is 0 Å². The lowest BCUT2D eigenvalue weighted by atomic mass is 9.83. The fraction of sp³-hybridized carbons (Fsp3) is 0.800. The highest BCUT2D eigenvalue weighted by molar-refractivity contribution is 7.09. The topological polar surface area (TPSA) is 45.2 Å². The fourth-order valence-electron chi connectivity index (χ4n) is 4.14. The molecule has 2 aliphatic rings. The average molecular weight is 364 g/mol. The lowest BCUT2D eigenvalue weighted by Gasteiger charge is -2.34. The molecule has 1 aromatic rings. The van der Waals surface area contributed by atoms with Crippen LogP contribution in [0.5, 0.6) is 0 Å². The second-order valence-electron chi connectivity index (χ2n) is 8.21. The Morgan fingerprint density at radius 1 is 1.32 bits per heavy atom. The maximum Gasteiger partial charge on any atom is 0.222 e. The van der Waals surface area contributed by atoms with E-state index in [1.54, 1.807) is 11.3 Å². The molecule has 0 aliphatic carbocycles. The third kappa shape index (κ3) is 4.82. The van der Waals surface area contributed by atoms with Gasteiger partial charge in [-0.15, -0.1) is 11.3 Å². The third-order valence-electron chi connectivity index (χ3n) is 5.94. The molecule has 2 atom stereocenters. The fourth-order valence-corrected chi connectivity index (χ4v) is 5.25. The number of amides is 1. The lowest BCUT2D eigenvalue weighted by molar-refractivity contribution is -0.133. The van der Waals surface area contributed by atoms with Crippen LogP contribution in [0.25, 0.3) is 0 Å². The van der Waals surface area contributed by atoms with Gasteiger partial charge in [-0.1, -0.05) is 20.8 Å². The molecule has 1 amide bonds. The quantitative estimate of drug-likeness (QED) is 0.860. The van der Waals surface area contributed by atoms with E-state index in [2.05, 4.69) is 36.4 Å². The van der Waals surface area contributed by atoms with Crippen molar-refractivity contribution in [1.29, 1.82) is 0 Å². The second-order valence-corrected chi connectivity index (χ2v) is 9.10. The van der Waals surface area contributed by atoms with Crippen molar-refractivity contribution >= 4 is 17.2 Å². The van der Waals surface area contributed by atoms with Gasteiger partial charge in [-0.05, 0) is 56.5 Å². The number of carbonyl (C=O) groups is 1. The zero-order valence-electron chi connectivity index (χ0n) is 16.0. The summed E-state index contributed by atoms with van der Waals surface area (Å²) in [6.07, 6.45) is 5.42. The SMILES string of the molecule is CC(C)c1csc(C2CCCN(C(=O)CC(C)C3CCNCC3)C2)n1. The highest BCUT2D eigenvalue weighted by Crippen LogP contribution is 2.32. The standard InChI is InChI=1S/C20H33N3OS/c1-14(2)18-13-25-20(22-18)17-5-4-10-23(12-17)19(24)11-15(3)16-6-8-21-9-7-16/h13-17,21H,4-12H2,1-3H3. The molecule has 140 valence electrons. The maximum absolute atomic E-state index is 12.8. The first-order chi connectivity index (χ1) is 12.0. The van der Waals surface area contributed by atoms with Crippen LogP contribution >= 0.6 is 11.3 Å². The van der Waals surface area contributed by atoms with Gasteiger partial charge in [0.1, 0.15) is 0 Å². The smallest absolute Gasteiger partial charge is 0.222 e. The van der Waals surface area contributed by atoms with Gasteiger partial charge in [0.05, 0.1) is 10.7 Å². The van der Waals surface area contributed by atoms with Crippen LogP contribution in [0, 0.1) is 11.8 Å². The van der Waals surface area contributed by atoms with E-state index < -0.39 is 0 Å². The number of likely N-dealkylation sites (tertiary alicyclic amines) is 1.